The Kier molecular flexibility index (Phi) is 44.2. The van der Waals surface area contributed by atoms with Crippen molar-refractivity contribution in [2.24, 2.45) is 0 Å². The molecule has 0 fully saturated rings. The van der Waals surface area contributed by atoms with E-state index in [1.807, 2.05) is 0 Å². The van der Waals surface area contributed by atoms with Crippen LogP contribution in [0.25, 0.3) is 0 Å². The zero-order valence-corrected chi connectivity index (χ0v) is 8.81. The summed E-state index contributed by atoms with van der Waals surface area (Å²) in [5.74, 6) is 0. The van der Waals surface area contributed by atoms with Gasteiger partial charge in [0.1, 0.15) is 0 Å². The minimum atomic E-state index is -0.0833. The maximum absolute atomic E-state index is 8.42. The van der Waals surface area contributed by atoms with Gasteiger partial charge in [-0.2, -0.15) is 0 Å². The normalized spacial score (nSPS) is 2.25. The van der Waals surface area contributed by atoms with Gasteiger partial charge in [-0.05, 0) is 0 Å². The first-order chi connectivity index (χ1) is 2.00. The van der Waals surface area contributed by atoms with E-state index >= 15 is 0 Å². The number of hydrogen-bond acceptors (Lipinski definition) is 2. The maximum atomic E-state index is 8.42. The second-order valence-corrected chi connectivity index (χ2v) is 0. The molecule has 0 aliphatic rings. The SMILES string of the molecule is [O]=[Nd].[O]=[Pr]. The van der Waals surface area contributed by atoms with Crippen LogP contribution in [-0.4, -0.2) is 0 Å². The molecule has 0 heterocycles. The molecule has 4 heavy (non-hydrogen) atoms. The summed E-state index contributed by atoms with van der Waals surface area (Å²) in [6.45, 7) is 0. The third kappa shape index (κ3) is 8.85. The number of rotatable bonds is 0. The van der Waals surface area contributed by atoms with E-state index in [9.17, 15) is 0 Å². The van der Waals surface area contributed by atoms with Gasteiger partial charge in [-0.3, -0.25) is 0 Å². The molecule has 0 rings (SSSR count). The molecule has 0 aromatic rings. The monoisotopic (exact) mass is 315 g/mol. The first-order valence-corrected chi connectivity index (χ1v) is 3.26. The van der Waals surface area contributed by atoms with Crippen LogP contribution in [0.5, 0.6) is 0 Å². The summed E-state index contributed by atoms with van der Waals surface area (Å²) < 4.78 is 16.8. The van der Waals surface area contributed by atoms with Crippen molar-refractivity contribution in [3.05, 3.63) is 0 Å². The molecule has 4 heteroatoms. The molecule has 0 aromatic heterocycles. The average Bonchev–Trinajstić information content (AvgIpc) is 1.50. The molecule has 2 nitrogen and oxygen atoms in total. The van der Waals surface area contributed by atoms with Crippen molar-refractivity contribution in [2.75, 3.05) is 0 Å². The van der Waals surface area contributed by atoms with Crippen LogP contribution >= 0.6 is 0 Å². The van der Waals surface area contributed by atoms with Crippen LogP contribution in [0.4, 0.5) is 0 Å². The fourth-order valence-electron chi connectivity index (χ4n) is 0. The Labute approximate surface area is 78.0 Å². The van der Waals surface area contributed by atoms with Crippen LogP contribution in [0.2, 0.25) is 0 Å². The van der Waals surface area contributed by atoms with Crippen LogP contribution in [0.3, 0.4) is 0 Å². The zero-order valence-electron chi connectivity index (χ0n) is 1.89. The molecule has 0 aromatic carbocycles. The van der Waals surface area contributed by atoms with E-state index in [0.29, 0.717) is 0 Å². The van der Waals surface area contributed by atoms with Gasteiger partial charge in [0.05, 0.1) is 0 Å². The molecule has 0 amide bonds. The van der Waals surface area contributed by atoms with Crippen LogP contribution in [0.1, 0.15) is 0 Å². The van der Waals surface area contributed by atoms with Gasteiger partial charge < -0.3 is 0 Å². The molecule has 0 spiro atoms. The molecule has 0 atom stereocenters. The summed E-state index contributed by atoms with van der Waals surface area (Å²) in [5, 5.41) is 0. The molecular formula is NdO2Pr. The Balaban J connectivity index is 0. The van der Waals surface area contributed by atoms with Crippen molar-refractivity contribution in [1.82, 2.24) is 0 Å². The van der Waals surface area contributed by atoms with E-state index in [4.69, 9.17) is 2.05 Å². The van der Waals surface area contributed by atoms with Gasteiger partial charge in [0.15, 0.2) is 0 Å². The van der Waals surface area contributed by atoms with Crippen LogP contribution in [0.15, 0.2) is 0 Å². The summed E-state index contributed by atoms with van der Waals surface area (Å²) in [6.07, 6.45) is 0. The Hall–Kier alpha value is 2.31. The van der Waals surface area contributed by atoms with Crippen molar-refractivity contribution in [2.45, 2.75) is 0 Å². The van der Waals surface area contributed by atoms with Crippen molar-refractivity contribution < 1.29 is 80.3 Å². The van der Waals surface area contributed by atoms with Gasteiger partial charge in [-0.1, -0.05) is 0 Å². The predicted molar refractivity (Wildman–Crippen MR) is 1.37 cm³/mol. The quantitative estimate of drug-likeness (QED) is 0.618. The van der Waals surface area contributed by atoms with Crippen LogP contribution in [0, 0.1) is 78.2 Å². The van der Waals surface area contributed by atoms with E-state index in [0.717, 1.165) is 0 Å². The van der Waals surface area contributed by atoms with E-state index in [1.165, 1.54) is 0 Å². The van der Waals surface area contributed by atoms with E-state index in [-0.39, 0.29) is 78.2 Å². The second-order valence-electron chi connectivity index (χ2n) is 0. The molecule has 0 N–H and O–H groups in total. The predicted octanol–water partition coefficient (Wildman–Crippen LogP) is -0.238. The molecule has 19 valence electrons. The van der Waals surface area contributed by atoms with Crippen LogP contribution < -0.4 is 0 Å². The molecule has 0 aliphatic heterocycles. The molecule has 0 unspecified atom stereocenters. The summed E-state index contributed by atoms with van der Waals surface area (Å²) in [5.41, 5.74) is 0. The molecule has 0 bridgehead atoms. The first kappa shape index (κ1) is 9.58. The number of hydrogen-bond donors (Lipinski definition) is 0. The van der Waals surface area contributed by atoms with Gasteiger partial charge in [0, 0.05) is 0 Å². The van der Waals surface area contributed by atoms with E-state index < -0.39 is 0 Å². The van der Waals surface area contributed by atoms with Crippen molar-refractivity contribution >= 4 is 0 Å². The third-order valence-electron chi connectivity index (χ3n) is 0. The van der Waals surface area contributed by atoms with Gasteiger partial charge >= 0.3 is 80.3 Å². The summed E-state index contributed by atoms with van der Waals surface area (Å²) in [6, 6.07) is 0. The second kappa shape index (κ2) is 18.5. The molecule has 0 aliphatic carbocycles. The fourth-order valence-corrected chi connectivity index (χ4v) is 0. The van der Waals surface area contributed by atoms with E-state index in [2.05, 4.69) is 0 Å². The van der Waals surface area contributed by atoms with E-state index in [1.54, 1.807) is 0 Å². The fraction of sp³-hybridized carbons (Fsp3) is 0. The standard InChI is InChI=1S/Nd.2O.Pr. The first-order valence-electron chi connectivity index (χ1n) is 0.440. The molecule has 0 radical (unpaired) electrons. The topological polar surface area (TPSA) is 34.1 Å². The average molecular weight is 317 g/mol. The Morgan fingerprint density at radius 3 is 1.25 bits per heavy atom. The Morgan fingerprint density at radius 1 is 1.25 bits per heavy atom. The van der Waals surface area contributed by atoms with Crippen molar-refractivity contribution in [3.8, 4) is 0 Å². The third-order valence-corrected chi connectivity index (χ3v) is 0. The Bertz CT molecular complexity index is 8.00. The summed E-state index contributed by atoms with van der Waals surface area (Å²) >= 11 is -0.0278. The summed E-state index contributed by atoms with van der Waals surface area (Å²) in [7, 11) is 0. The van der Waals surface area contributed by atoms with Gasteiger partial charge in [0.2, 0.25) is 0 Å². The van der Waals surface area contributed by atoms with Gasteiger partial charge in [0.25, 0.3) is 0 Å². The zero-order chi connectivity index (χ0) is 4.00. The molecule has 0 saturated carbocycles. The van der Waals surface area contributed by atoms with Crippen LogP contribution in [-0.2, 0) is 2.05 Å². The Morgan fingerprint density at radius 2 is 1.25 bits per heavy atom. The minimum absolute atomic E-state index is 0.0556. The van der Waals surface area contributed by atoms with Gasteiger partial charge in [-0.25, -0.2) is 0 Å². The molecular weight excluding hydrogens is 317 g/mol. The van der Waals surface area contributed by atoms with Crippen molar-refractivity contribution in [3.63, 3.8) is 0 Å². The van der Waals surface area contributed by atoms with Gasteiger partial charge in [-0.15, -0.1) is 0 Å². The van der Waals surface area contributed by atoms with Crippen molar-refractivity contribution in [1.29, 1.82) is 0 Å². The molecule has 0 saturated heterocycles. The summed E-state index contributed by atoms with van der Waals surface area (Å²) in [4.78, 5) is 0.